The Labute approximate surface area is 150 Å². The lowest BCUT2D eigenvalue weighted by atomic mass is 9.95. The van der Waals surface area contributed by atoms with E-state index in [9.17, 15) is 10.1 Å². The van der Waals surface area contributed by atoms with Gasteiger partial charge < -0.3 is 4.90 Å². The Balaban J connectivity index is 2.72. The topological polar surface area (TPSA) is 46.4 Å². The Kier molecular flexibility index (Phi) is 6.99. The zero-order valence-corrected chi connectivity index (χ0v) is 15.5. The summed E-state index contributed by atoms with van der Waals surface area (Å²) in [4.78, 5) is 13.6. The van der Waals surface area contributed by atoms with E-state index in [2.05, 4.69) is 25.7 Å². The number of nitrogens with zero attached hydrogens (tertiary/aromatic N) is 2. The number of nitro groups is 1. The van der Waals surface area contributed by atoms with Gasteiger partial charge in [0.1, 0.15) is 0 Å². The van der Waals surface area contributed by atoms with Gasteiger partial charge in [-0.15, -0.1) is 0 Å². The molecule has 0 spiro atoms. The number of non-ortho nitro benzene ring substituents is 1. The first-order valence-electron chi connectivity index (χ1n) is 9.24. The van der Waals surface area contributed by atoms with Gasteiger partial charge in [0.05, 0.1) is 4.92 Å². The molecule has 0 aliphatic carbocycles. The van der Waals surface area contributed by atoms with Gasteiger partial charge in [-0.05, 0) is 30.4 Å². The molecule has 0 aromatic heterocycles. The van der Waals surface area contributed by atoms with Crippen LogP contribution < -0.4 is 4.90 Å². The molecule has 2 aromatic rings. The van der Waals surface area contributed by atoms with Crippen LogP contribution in [0.1, 0.15) is 45.6 Å². The van der Waals surface area contributed by atoms with Crippen molar-refractivity contribution in [2.24, 2.45) is 0 Å². The van der Waals surface area contributed by atoms with E-state index in [0.717, 1.165) is 55.5 Å². The molecule has 0 amide bonds. The van der Waals surface area contributed by atoms with Crippen LogP contribution in [0.15, 0.2) is 42.5 Å². The largest absolute Gasteiger partial charge is 0.371 e. The summed E-state index contributed by atoms with van der Waals surface area (Å²) in [6, 6.07) is 13.5. The van der Waals surface area contributed by atoms with E-state index in [0.29, 0.717) is 0 Å². The molecular weight excluding hydrogens is 312 g/mol. The van der Waals surface area contributed by atoms with E-state index in [-0.39, 0.29) is 10.6 Å². The fourth-order valence-corrected chi connectivity index (χ4v) is 3.33. The van der Waals surface area contributed by atoms with Crippen molar-refractivity contribution < 1.29 is 4.92 Å². The predicted molar refractivity (Wildman–Crippen MR) is 105 cm³/mol. The highest BCUT2D eigenvalue weighted by Gasteiger charge is 2.21. The summed E-state index contributed by atoms with van der Waals surface area (Å²) in [5.74, 6) is 0. The van der Waals surface area contributed by atoms with Crippen LogP contribution in [-0.4, -0.2) is 18.0 Å². The highest BCUT2D eigenvalue weighted by Crippen LogP contribution is 2.38. The summed E-state index contributed by atoms with van der Waals surface area (Å²) in [6.07, 6.45) is 3.92. The number of nitro benzene ring substituents is 1. The molecule has 0 aliphatic rings. The van der Waals surface area contributed by atoms with E-state index in [1.54, 1.807) is 12.1 Å². The van der Waals surface area contributed by atoms with Crippen LogP contribution in [0.4, 0.5) is 11.4 Å². The molecular formula is C21H28N2O2. The molecule has 0 fully saturated rings. The Morgan fingerprint density at radius 2 is 1.60 bits per heavy atom. The summed E-state index contributed by atoms with van der Waals surface area (Å²) in [6.45, 7) is 8.39. The molecule has 2 rings (SSSR count). The molecule has 25 heavy (non-hydrogen) atoms. The average Bonchev–Trinajstić information content (AvgIpc) is 2.62. The standard InChI is InChI=1S/C21H28N2O2/c1-4-10-18-15-19(23(24)25)16-20(17-11-8-7-9-12-17)21(18)22(13-5-2)14-6-3/h7-9,11-12,15-16H,4-6,10,13-14H2,1-3H3. The molecule has 134 valence electrons. The quantitative estimate of drug-likeness (QED) is 0.425. The fraction of sp³-hybridized carbons (Fsp3) is 0.429. The van der Waals surface area contributed by atoms with Crippen molar-refractivity contribution in [1.82, 2.24) is 0 Å². The van der Waals surface area contributed by atoms with Crippen molar-refractivity contribution in [2.45, 2.75) is 46.5 Å². The first kappa shape index (κ1) is 19.0. The van der Waals surface area contributed by atoms with Crippen molar-refractivity contribution in [3.05, 3.63) is 58.1 Å². The molecule has 0 heterocycles. The molecule has 0 saturated heterocycles. The zero-order valence-electron chi connectivity index (χ0n) is 15.5. The third kappa shape index (κ3) is 4.59. The molecule has 4 heteroatoms. The normalized spacial score (nSPS) is 10.7. The van der Waals surface area contributed by atoms with Gasteiger partial charge in [-0.25, -0.2) is 0 Å². The number of hydrogen-bond acceptors (Lipinski definition) is 3. The minimum atomic E-state index is -0.278. The summed E-state index contributed by atoms with van der Waals surface area (Å²) in [5.41, 5.74) is 4.44. The van der Waals surface area contributed by atoms with Crippen LogP contribution in [-0.2, 0) is 6.42 Å². The van der Waals surface area contributed by atoms with E-state index < -0.39 is 0 Å². The maximum atomic E-state index is 11.5. The summed E-state index contributed by atoms with van der Waals surface area (Å²) >= 11 is 0. The maximum absolute atomic E-state index is 11.5. The molecule has 0 saturated carbocycles. The van der Waals surface area contributed by atoms with Crippen molar-refractivity contribution in [3.63, 3.8) is 0 Å². The predicted octanol–water partition coefficient (Wildman–Crippen LogP) is 5.84. The second-order valence-corrected chi connectivity index (χ2v) is 6.36. The highest BCUT2D eigenvalue weighted by atomic mass is 16.6. The van der Waals surface area contributed by atoms with Crippen LogP contribution >= 0.6 is 0 Å². The van der Waals surface area contributed by atoms with Gasteiger partial charge in [-0.1, -0.05) is 57.5 Å². The van der Waals surface area contributed by atoms with Crippen LogP contribution in [0.25, 0.3) is 11.1 Å². The number of aryl methyl sites for hydroxylation is 1. The Morgan fingerprint density at radius 1 is 0.960 bits per heavy atom. The SMILES string of the molecule is CCCc1cc([N+](=O)[O-])cc(-c2ccccc2)c1N(CCC)CCC. The minimum absolute atomic E-state index is 0.180. The summed E-state index contributed by atoms with van der Waals surface area (Å²) in [5, 5.41) is 11.5. The first-order valence-corrected chi connectivity index (χ1v) is 9.24. The Hall–Kier alpha value is -2.36. The lowest BCUT2D eigenvalue weighted by Crippen LogP contribution is -2.26. The van der Waals surface area contributed by atoms with E-state index >= 15 is 0 Å². The summed E-state index contributed by atoms with van der Waals surface area (Å²) in [7, 11) is 0. The van der Waals surface area contributed by atoms with Crippen LogP contribution in [0.5, 0.6) is 0 Å². The zero-order chi connectivity index (χ0) is 18.2. The van der Waals surface area contributed by atoms with Crippen LogP contribution in [0.2, 0.25) is 0 Å². The van der Waals surface area contributed by atoms with Gasteiger partial charge in [-0.2, -0.15) is 0 Å². The van der Waals surface area contributed by atoms with Gasteiger partial charge in [0.15, 0.2) is 0 Å². The molecule has 0 bridgehead atoms. The van der Waals surface area contributed by atoms with Gasteiger partial charge >= 0.3 is 0 Å². The molecule has 0 N–H and O–H groups in total. The fourth-order valence-electron chi connectivity index (χ4n) is 3.33. The second kappa shape index (κ2) is 9.21. The maximum Gasteiger partial charge on any atom is 0.270 e. The third-order valence-corrected chi connectivity index (χ3v) is 4.29. The molecule has 0 radical (unpaired) electrons. The summed E-state index contributed by atoms with van der Waals surface area (Å²) < 4.78 is 0. The lowest BCUT2D eigenvalue weighted by Gasteiger charge is -2.29. The molecule has 0 unspecified atom stereocenters. The highest BCUT2D eigenvalue weighted by molar-refractivity contribution is 5.83. The average molecular weight is 340 g/mol. The Morgan fingerprint density at radius 3 is 2.12 bits per heavy atom. The molecule has 0 atom stereocenters. The van der Waals surface area contributed by atoms with Gasteiger partial charge in [-0.3, -0.25) is 10.1 Å². The molecule has 0 aliphatic heterocycles. The molecule has 2 aromatic carbocycles. The number of rotatable bonds is 9. The van der Waals surface area contributed by atoms with Gasteiger partial charge in [0.2, 0.25) is 0 Å². The first-order chi connectivity index (χ1) is 12.1. The van der Waals surface area contributed by atoms with Crippen LogP contribution in [0.3, 0.4) is 0 Å². The van der Waals surface area contributed by atoms with Crippen molar-refractivity contribution >= 4 is 11.4 Å². The van der Waals surface area contributed by atoms with Gasteiger partial charge in [0.25, 0.3) is 5.69 Å². The van der Waals surface area contributed by atoms with Gasteiger partial charge in [0, 0.05) is 36.5 Å². The van der Waals surface area contributed by atoms with Crippen molar-refractivity contribution in [1.29, 1.82) is 0 Å². The van der Waals surface area contributed by atoms with Crippen LogP contribution in [0, 0.1) is 10.1 Å². The number of benzene rings is 2. The monoisotopic (exact) mass is 340 g/mol. The number of hydrogen-bond donors (Lipinski definition) is 0. The number of anilines is 1. The smallest absolute Gasteiger partial charge is 0.270 e. The Bertz CT molecular complexity index is 693. The lowest BCUT2D eigenvalue weighted by molar-refractivity contribution is -0.384. The van der Waals surface area contributed by atoms with Crippen molar-refractivity contribution in [3.8, 4) is 11.1 Å². The van der Waals surface area contributed by atoms with Crippen molar-refractivity contribution in [2.75, 3.05) is 18.0 Å². The minimum Gasteiger partial charge on any atom is -0.371 e. The third-order valence-electron chi connectivity index (χ3n) is 4.29. The van der Waals surface area contributed by atoms with E-state index in [1.807, 2.05) is 30.3 Å². The van der Waals surface area contributed by atoms with E-state index in [4.69, 9.17) is 0 Å². The molecule has 4 nitrogen and oxygen atoms in total. The van der Waals surface area contributed by atoms with E-state index in [1.165, 1.54) is 5.69 Å². The second-order valence-electron chi connectivity index (χ2n) is 6.36.